The van der Waals surface area contributed by atoms with Gasteiger partial charge >= 0.3 is 5.97 Å². The Morgan fingerprint density at radius 2 is 2.11 bits per heavy atom. The lowest BCUT2D eigenvalue weighted by Crippen LogP contribution is -2.17. The van der Waals surface area contributed by atoms with Crippen molar-refractivity contribution >= 4 is 17.4 Å². The SMILES string of the molecule is COC(=O)C1=C(n2cccc2)[C@@H]2C(C)=CC=CC2=N1. The van der Waals surface area contributed by atoms with Crippen LogP contribution in [0.5, 0.6) is 0 Å². The minimum absolute atomic E-state index is 0.0338. The molecule has 96 valence electrons. The number of fused-ring (bicyclic) bond motifs is 1. The van der Waals surface area contributed by atoms with E-state index in [2.05, 4.69) is 4.99 Å². The number of aromatic nitrogens is 1. The molecule has 0 unspecified atom stereocenters. The van der Waals surface area contributed by atoms with Crippen molar-refractivity contribution in [1.29, 1.82) is 0 Å². The molecule has 0 radical (unpaired) electrons. The molecular formula is C15H14N2O2. The number of aliphatic imine (C=N–C) groups is 1. The van der Waals surface area contributed by atoms with Crippen LogP contribution in [0.25, 0.3) is 5.70 Å². The Labute approximate surface area is 111 Å². The van der Waals surface area contributed by atoms with E-state index in [1.807, 2.05) is 54.2 Å². The largest absolute Gasteiger partial charge is 0.464 e. The summed E-state index contributed by atoms with van der Waals surface area (Å²) < 4.78 is 6.78. The third-order valence-electron chi connectivity index (χ3n) is 3.40. The fourth-order valence-electron chi connectivity index (χ4n) is 2.52. The highest BCUT2D eigenvalue weighted by Crippen LogP contribution is 2.37. The molecule has 1 atom stereocenters. The van der Waals surface area contributed by atoms with Crippen LogP contribution in [0.2, 0.25) is 0 Å². The number of ether oxygens (including phenoxy) is 1. The molecule has 0 amide bonds. The van der Waals surface area contributed by atoms with E-state index < -0.39 is 5.97 Å². The fraction of sp³-hybridized carbons (Fsp3) is 0.200. The van der Waals surface area contributed by atoms with Gasteiger partial charge in [0.1, 0.15) is 0 Å². The Balaban J connectivity index is 2.17. The van der Waals surface area contributed by atoms with Gasteiger partial charge in [0.2, 0.25) is 0 Å². The lowest BCUT2D eigenvalue weighted by molar-refractivity contribution is -0.136. The maximum Gasteiger partial charge on any atom is 0.358 e. The van der Waals surface area contributed by atoms with Crippen molar-refractivity contribution in [1.82, 2.24) is 4.57 Å². The van der Waals surface area contributed by atoms with Crippen LogP contribution >= 0.6 is 0 Å². The van der Waals surface area contributed by atoms with E-state index in [9.17, 15) is 4.79 Å². The van der Waals surface area contributed by atoms with Gasteiger partial charge in [0.05, 0.1) is 24.4 Å². The first kappa shape index (κ1) is 11.7. The maximum absolute atomic E-state index is 11.9. The second-order valence-corrected chi connectivity index (χ2v) is 4.56. The Hall–Kier alpha value is -2.36. The maximum atomic E-state index is 11.9. The molecule has 3 rings (SSSR count). The first-order valence-electron chi connectivity index (χ1n) is 6.11. The third kappa shape index (κ3) is 1.76. The van der Waals surface area contributed by atoms with Crippen LogP contribution in [-0.2, 0) is 9.53 Å². The average molecular weight is 254 g/mol. The Morgan fingerprint density at radius 3 is 2.79 bits per heavy atom. The van der Waals surface area contributed by atoms with Crippen LogP contribution in [0, 0.1) is 5.92 Å². The number of carbonyl (C=O) groups is 1. The van der Waals surface area contributed by atoms with Crippen LogP contribution < -0.4 is 0 Å². The molecule has 0 bridgehead atoms. The second-order valence-electron chi connectivity index (χ2n) is 4.56. The molecule has 1 aromatic heterocycles. The van der Waals surface area contributed by atoms with Gasteiger partial charge in [-0.15, -0.1) is 0 Å². The smallest absolute Gasteiger partial charge is 0.358 e. The van der Waals surface area contributed by atoms with E-state index in [4.69, 9.17) is 4.74 Å². The fourth-order valence-corrected chi connectivity index (χ4v) is 2.52. The molecule has 2 aliphatic rings. The van der Waals surface area contributed by atoms with Gasteiger partial charge in [-0.1, -0.05) is 17.7 Å². The lowest BCUT2D eigenvalue weighted by Gasteiger charge is -2.20. The topological polar surface area (TPSA) is 43.6 Å². The lowest BCUT2D eigenvalue weighted by atomic mass is 9.89. The molecule has 0 saturated carbocycles. The van der Waals surface area contributed by atoms with Gasteiger partial charge in [-0.2, -0.15) is 0 Å². The van der Waals surface area contributed by atoms with Gasteiger partial charge < -0.3 is 9.30 Å². The van der Waals surface area contributed by atoms with Crippen LogP contribution in [0.15, 0.2) is 59.0 Å². The number of allylic oxidation sites excluding steroid dienone is 5. The monoisotopic (exact) mass is 254 g/mol. The van der Waals surface area contributed by atoms with E-state index in [1.54, 1.807) is 0 Å². The molecule has 2 heterocycles. The molecular weight excluding hydrogens is 240 g/mol. The minimum atomic E-state index is -0.396. The van der Waals surface area contributed by atoms with Crippen LogP contribution in [0.3, 0.4) is 0 Å². The van der Waals surface area contributed by atoms with E-state index in [-0.39, 0.29) is 5.92 Å². The molecule has 4 nitrogen and oxygen atoms in total. The van der Waals surface area contributed by atoms with Gasteiger partial charge in [-0.3, -0.25) is 0 Å². The van der Waals surface area contributed by atoms with Crippen LogP contribution in [0.1, 0.15) is 6.92 Å². The van der Waals surface area contributed by atoms with Gasteiger partial charge in [0, 0.05) is 12.4 Å². The van der Waals surface area contributed by atoms with Crippen molar-refractivity contribution in [3.63, 3.8) is 0 Å². The van der Waals surface area contributed by atoms with Crippen LogP contribution in [0.4, 0.5) is 0 Å². The molecule has 1 aromatic rings. The molecule has 0 fully saturated rings. The Bertz CT molecular complexity index is 646. The summed E-state index contributed by atoms with van der Waals surface area (Å²) in [7, 11) is 1.38. The summed E-state index contributed by atoms with van der Waals surface area (Å²) >= 11 is 0. The molecule has 0 spiro atoms. The normalized spacial score (nSPS) is 21.1. The summed E-state index contributed by atoms with van der Waals surface area (Å²) in [5, 5.41) is 0. The molecule has 0 saturated heterocycles. The quantitative estimate of drug-likeness (QED) is 0.761. The summed E-state index contributed by atoms with van der Waals surface area (Å²) in [4.78, 5) is 16.4. The van der Waals surface area contributed by atoms with Crippen molar-refractivity contribution in [2.24, 2.45) is 10.9 Å². The van der Waals surface area contributed by atoms with E-state index >= 15 is 0 Å². The standard InChI is InChI=1S/C15H14N2O2/c1-10-6-5-7-11-12(10)14(17-8-3-4-9-17)13(16-11)15(18)19-2/h3-9,12H,1-2H3/t12-/m1/s1. The molecule has 0 aromatic carbocycles. The summed E-state index contributed by atoms with van der Waals surface area (Å²) in [6.45, 7) is 2.05. The summed E-state index contributed by atoms with van der Waals surface area (Å²) in [5.41, 5.74) is 3.32. The van der Waals surface area contributed by atoms with Gasteiger partial charge in [-0.25, -0.2) is 9.79 Å². The van der Waals surface area contributed by atoms with E-state index in [0.29, 0.717) is 5.70 Å². The van der Waals surface area contributed by atoms with Crippen molar-refractivity contribution < 1.29 is 9.53 Å². The summed E-state index contributed by atoms with van der Waals surface area (Å²) in [6.07, 6.45) is 9.79. The molecule has 1 aliphatic carbocycles. The molecule has 0 N–H and O–H groups in total. The van der Waals surface area contributed by atoms with Crippen molar-refractivity contribution in [3.8, 4) is 0 Å². The number of esters is 1. The van der Waals surface area contributed by atoms with Crippen LogP contribution in [-0.4, -0.2) is 23.4 Å². The zero-order valence-electron chi connectivity index (χ0n) is 10.8. The highest BCUT2D eigenvalue weighted by atomic mass is 16.5. The molecule has 4 heteroatoms. The Kier molecular flexibility index (Phi) is 2.71. The van der Waals surface area contributed by atoms with Gasteiger partial charge in [0.25, 0.3) is 0 Å². The average Bonchev–Trinajstić information content (AvgIpc) is 3.04. The van der Waals surface area contributed by atoms with Gasteiger partial charge in [0.15, 0.2) is 5.70 Å². The number of methoxy groups -OCH3 is 1. The first-order chi connectivity index (χ1) is 9.22. The molecule has 1 aliphatic heterocycles. The summed E-state index contributed by atoms with van der Waals surface area (Å²) in [6, 6.07) is 3.86. The van der Waals surface area contributed by atoms with E-state index in [0.717, 1.165) is 11.4 Å². The predicted molar refractivity (Wildman–Crippen MR) is 73.5 cm³/mol. The second kappa shape index (κ2) is 4.39. The highest BCUT2D eigenvalue weighted by molar-refractivity contribution is 6.15. The number of rotatable bonds is 2. The zero-order chi connectivity index (χ0) is 13.4. The van der Waals surface area contributed by atoms with Crippen molar-refractivity contribution in [3.05, 3.63) is 54.0 Å². The number of nitrogens with zero attached hydrogens (tertiary/aromatic N) is 2. The predicted octanol–water partition coefficient (Wildman–Crippen LogP) is 2.42. The third-order valence-corrected chi connectivity index (χ3v) is 3.40. The van der Waals surface area contributed by atoms with Gasteiger partial charge in [-0.05, 0) is 25.1 Å². The minimum Gasteiger partial charge on any atom is -0.464 e. The number of hydrogen-bond donors (Lipinski definition) is 0. The van der Waals surface area contributed by atoms with Crippen molar-refractivity contribution in [2.75, 3.05) is 7.11 Å². The highest BCUT2D eigenvalue weighted by Gasteiger charge is 2.35. The summed E-state index contributed by atoms with van der Waals surface area (Å²) in [5.74, 6) is -0.363. The first-order valence-corrected chi connectivity index (χ1v) is 6.11. The zero-order valence-corrected chi connectivity index (χ0v) is 10.8. The van der Waals surface area contributed by atoms with Crippen molar-refractivity contribution in [2.45, 2.75) is 6.92 Å². The van der Waals surface area contributed by atoms with E-state index in [1.165, 1.54) is 12.7 Å². The number of hydrogen-bond acceptors (Lipinski definition) is 3. The molecule has 19 heavy (non-hydrogen) atoms. The number of carbonyl (C=O) groups excluding carboxylic acids is 1. The Morgan fingerprint density at radius 1 is 1.37 bits per heavy atom.